The van der Waals surface area contributed by atoms with Gasteiger partial charge in [-0.15, -0.1) is 0 Å². The van der Waals surface area contributed by atoms with Crippen LogP contribution in [0.25, 0.3) is 10.9 Å². The first-order valence-corrected chi connectivity index (χ1v) is 12.4. The van der Waals surface area contributed by atoms with Crippen LogP contribution in [0.5, 0.6) is 5.75 Å². The molecule has 7 nitrogen and oxygen atoms in total. The number of nitrogens with zero attached hydrogens (tertiary/aromatic N) is 1. The van der Waals surface area contributed by atoms with E-state index < -0.39 is 11.5 Å². The Morgan fingerprint density at radius 1 is 0.941 bits per heavy atom. The van der Waals surface area contributed by atoms with Crippen molar-refractivity contribution < 1.29 is 14.7 Å². The lowest BCUT2D eigenvalue weighted by atomic mass is 10.1. The number of allylic oxidation sites excluding steroid dienone is 2. The van der Waals surface area contributed by atoms with E-state index >= 15 is 0 Å². The number of hydrazine groups is 1. The van der Waals surface area contributed by atoms with Gasteiger partial charge in [-0.2, -0.15) is 0 Å². The Kier molecular flexibility index (Phi) is 11.4. The summed E-state index contributed by atoms with van der Waals surface area (Å²) in [6, 6.07) is 6.88. The summed E-state index contributed by atoms with van der Waals surface area (Å²) >= 11 is 0. The maximum Gasteiger partial charge on any atom is 0.279 e. The van der Waals surface area contributed by atoms with Crippen molar-refractivity contribution in [3.05, 3.63) is 51.8 Å². The van der Waals surface area contributed by atoms with Crippen molar-refractivity contribution in [2.75, 3.05) is 0 Å². The number of pyridine rings is 1. The molecule has 2 rings (SSSR count). The number of hydrogen-bond donors (Lipinski definition) is 3. The quantitative estimate of drug-likeness (QED) is 0.209. The van der Waals surface area contributed by atoms with Gasteiger partial charge >= 0.3 is 0 Å². The van der Waals surface area contributed by atoms with Gasteiger partial charge in [0.25, 0.3) is 11.5 Å². The number of para-hydroxylation sites is 1. The summed E-state index contributed by atoms with van der Waals surface area (Å²) in [5.74, 6) is -1.54. The molecule has 0 unspecified atom stereocenters. The summed E-state index contributed by atoms with van der Waals surface area (Å²) in [5.41, 5.74) is 5.23. The molecule has 0 radical (unpaired) electrons. The van der Waals surface area contributed by atoms with Crippen LogP contribution in [0.2, 0.25) is 0 Å². The van der Waals surface area contributed by atoms with E-state index in [0.717, 1.165) is 24.8 Å². The molecule has 186 valence electrons. The van der Waals surface area contributed by atoms with Crippen molar-refractivity contribution in [3.8, 4) is 5.75 Å². The molecule has 0 aliphatic heterocycles. The van der Waals surface area contributed by atoms with Gasteiger partial charge in [0.1, 0.15) is 11.3 Å². The van der Waals surface area contributed by atoms with Gasteiger partial charge in [0.05, 0.1) is 5.52 Å². The normalized spacial score (nSPS) is 10.8. The van der Waals surface area contributed by atoms with Crippen LogP contribution < -0.4 is 16.4 Å². The van der Waals surface area contributed by atoms with Crippen LogP contribution in [-0.4, -0.2) is 21.5 Å². The van der Waals surface area contributed by atoms with E-state index in [-0.39, 0.29) is 23.8 Å². The molecule has 2 aromatic rings. The Bertz CT molecular complexity index is 1050. The van der Waals surface area contributed by atoms with E-state index in [0.29, 0.717) is 17.3 Å². The zero-order valence-corrected chi connectivity index (χ0v) is 20.8. The zero-order valence-electron chi connectivity index (χ0n) is 20.8. The Hall–Kier alpha value is -3.09. The molecule has 0 aliphatic rings. The molecule has 3 N–H and O–H groups in total. The van der Waals surface area contributed by atoms with Gasteiger partial charge in [-0.3, -0.25) is 25.2 Å². The first-order valence-electron chi connectivity index (χ1n) is 12.4. The SMILES string of the molecule is CCCCCCCCCCCC(=O)NNC(=O)c1c(O)c2ccccc2n(CC=C(C)C)c1=O. The highest BCUT2D eigenvalue weighted by atomic mass is 16.3. The van der Waals surface area contributed by atoms with E-state index in [2.05, 4.69) is 17.8 Å². The van der Waals surface area contributed by atoms with Crippen LogP contribution in [0.4, 0.5) is 0 Å². The van der Waals surface area contributed by atoms with Crippen LogP contribution in [0.3, 0.4) is 0 Å². The summed E-state index contributed by atoms with van der Waals surface area (Å²) in [4.78, 5) is 37.9. The van der Waals surface area contributed by atoms with Gasteiger partial charge in [-0.25, -0.2) is 0 Å². The molecule has 1 aromatic carbocycles. The Balaban J connectivity index is 1.94. The fraction of sp³-hybridized carbons (Fsp3) is 0.519. The summed E-state index contributed by atoms with van der Waals surface area (Å²) in [6.45, 7) is 6.32. The molecule has 7 heteroatoms. The second kappa shape index (κ2) is 14.2. The highest BCUT2D eigenvalue weighted by Gasteiger charge is 2.22. The topological polar surface area (TPSA) is 100 Å². The maximum atomic E-state index is 13.1. The van der Waals surface area contributed by atoms with Gasteiger partial charge in [0.2, 0.25) is 5.91 Å². The second-order valence-corrected chi connectivity index (χ2v) is 9.02. The zero-order chi connectivity index (χ0) is 24.9. The van der Waals surface area contributed by atoms with Gasteiger partial charge in [-0.05, 0) is 32.4 Å². The van der Waals surface area contributed by atoms with Gasteiger partial charge in [-0.1, -0.05) is 82.1 Å². The van der Waals surface area contributed by atoms with Crippen molar-refractivity contribution >= 4 is 22.7 Å². The third-order valence-electron chi connectivity index (χ3n) is 5.88. The van der Waals surface area contributed by atoms with Crippen LogP contribution >= 0.6 is 0 Å². The fourth-order valence-electron chi connectivity index (χ4n) is 3.90. The van der Waals surface area contributed by atoms with Crippen LogP contribution in [0.15, 0.2) is 40.7 Å². The van der Waals surface area contributed by atoms with Crippen molar-refractivity contribution in [1.82, 2.24) is 15.4 Å². The molecule has 0 aliphatic carbocycles. The Labute approximate surface area is 202 Å². The average molecular weight is 470 g/mol. The smallest absolute Gasteiger partial charge is 0.279 e. The first kappa shape index (κ1) is 27.2. The molecule has 1 heterocycles. The summed E-state index contributed by atoms with van der Waals surface area (Å²) < 4.78 is 1.45. The lowest BCUT2D eigenvalue weighted by molar-refractivity contribution is -0.122. The van der Waals surface area contributed by atoms with Crippen LogP contribution in [0, 0.1) is 0 Å². The number of rotatable bonds is 13. The van der Waals surface area contributed by atoms with E-state index in [1.807, 2.05) is 19.9 Å². The van der Waals surface area contributed by atoms with E-state index in [1.165, 1.54) is 43.1 Å². The second-order valence-electron chi connectivity index (χ2n) is 9.02. The molecule has 0 atom stereocenters. The largest absolute Gasteiger partial charge is 0.506 e. The van der Waals surface area contributed by atoms with Gasteiger partial charge in [0.15, 0.2) is 0 Å². The number of amides is 2. The number of hydrogen-bond acceptors (Lipinski definition) is 4. The van der Waals surface area contributed by atoms with Crippen LogP contribution in [-0.2, 0) is 11.3 Å². The Morgan fingerprint density at radius 3 is 2.21 bits per heavy atom. The van der Waals surface area contributed by atoms with Crippen molar-refractivity contribution in [3.63, 3.8) is 0 Å². The molecule has 0 bridgehead atoms. The molecule has 0 spiro atoms. The van der Waals surface area contributed by atoms with E-state index in [9.17, 15) is 19.5 Å². The van der Waals surface area contributed by atoms with E-state index in [1.54, 1.807) is 24.3 Å². The number of benzene rings is 1. The highest BCUT2D eigenvalue weighted by Crippen LogP contribution is 2.26. The fourth-order valence-corrected chi connectivity index (χ4v) is 3.90. The number of aromatic hydroxyl groups is 1. The minimum Gasteiger partial charge on any atom is -0.506 e. The first-order chi connectivity index (χ1) is 16.4. The molecular formula is C27H39N3O4. The molecule has 2 amide bonds. The number of carbonyl (C=O) groups is 2. The van der Waals surface area contributed by atoms with Crippen molar-refractivity contribution in [2.45, 2.75) is 91.5 Å². The lowest BCUT2D eigenvalue weighted by Crippen LogP contribution is -2.44. The molecule has 34 heavy (non-hydrogen) atoms. The third kappa shape index (κ3) is 8.04. The number of nitrogens with one attached hydrogen (secondary N) is 2. The summed E-state index contributed by atoms with van der Waals surface area (Å²) in [6.07, 6.45) is 12.5. The van der Waals surface area contributed by atoms with Gasteiger partial charge in [0, 0.05) is 18.4 Å². The predicted molar refractivity (Wildman–Crippen MR) is 137 cm³/mol. The Morgan fingerprint density at radius 2 is 1.56 bits per heavy atom. The standard InChI is InChI=1S/C27H39N3O4/c1-4-5-6-7-8-9-10-11-12-17-23(31)28-29-26(33)24-25(32)21-15-13-14-16-22(21)30(27(24)34)19-18-20(2)3/h13-16,18,32H,4-12,17,19H2,1-3H3,(H,28,31)(H,29,33). The predicted octanol–water partition coefficient (Wildman–Crippen LogP) is 5.36. The van der Waals surface area contributed by atoms with Gasteiger partial charge < -0.3 is 9.67 Å². The molecule has 0 saturated carbocycles. The molecule has 0 fully saturated rings. The number of carbonyl (C=O) groups excluding carboxylic acids is 2. The number of unbranched alkanes of at least 4 members (excludes halogenated alkanes) is 8. The highest BCUT2D eigenvalue weighted by molar-refractivity contribution is 6.02. The minimum absolute atomic E-state index is 0.271. The van der Waals surface area contributed by atoms with Crippen LogP contribution in [0.1, 0.15) is 95.3 Å². The summed E-state index contributed by atoms with van der Waals surface area (Å²) in [7, 11) is 0. The monoisotopic (exact) mass is 469 g/mol. The van der Waals surface area contributed by atoms with Crippen molar-refractivity contribution in [1.29, 1.82) is 0 Å². The minimum atomic E-state index is -0.834. The molecule has 1 aromatic heterocycles. The number of aromatic nitrogens is 1. The lowest BCUT2D eigenvalue weighted by Gasteiger charge is -2.14. The number of fused-ring (bicyclic) bond motifs is 1. The molecule has 0 saturated heterocycles. The van der Waals surface area contributed by atoms with Crippen molar-refractivity contribution in [2.24, 2.45) is 0 Å². The summed E-state index contributed by atoms with van der Waals surface area (Å²) in [5, 5.41) is 11.1. The maximum absolute atomic E-state index is 13.1. The van der Waals surface area contributed by atoms with E-state index in [4.69, 9.17) is 0 Å². The average Bonchev–Trinajstić information content (AvgIpc) is 2.81. The molecular weight excluding hydrogens is 430 g/mol. The third-order valence-corrected chi connectivity index (χ3v) is 5.88.